The van der Waals surface area contributed by atoms with Crippen molar-refractivity contribution < 1.29 is 18.3 Å². The minimum atomic E-state index is -0.555. The molecule has 0 unspecified atom stereocenters. The zero-order chi connectivity index (χ0) is 26.0. The Morgan fingerprint density at radius 3 is 2.56 bits per heavy atom. The third kappa shape index (κ3) is 5.24. The Bertz CT molecular complexity index is 1400. The van der Waals surface area contributed by atoms with E-state index in [9.17, 15) is 13.6 Å². The molecule has 0 saturated heterocycles. The molecule has 0 aliphatic heterocycles. The molecule has 4 rings (SSSR count). The molecule has 2 heterocycles. The number of amides is 1. The van der Waals surface area contributed by atoms with Gasteiger partial charge in [0.25, 0.3) is 5.91 Å². The lowest BCUT2D eigenvalue weighted by Crippen LogP contribution is -2.28. The Kier molecular flexibility index (Phi) is 7.65. The highest BCUT2D eigenvalue weighted by Gasteiger charge is 2.23. The van der Waals surface area contributed by atoms with Crippen molar-refractivity contribution >= 4 is 29.3 Å². The monoisotopic (exact) mass is 531 g/mol. The summed E-state index contributed by atoms with van der Waals surface area (Å²) in [5.41, 5.74) is 2.83. The summed E-state index contributed by atoms with van der Waals surface area (Å²) in [6.07, 6.45) is 3.33. The highest BCUT2D eigenvalue weighted by molar-refractivity contribution is 7.98. The molecule has 0 aliphatic carbocycles. The minimum Gasteiger partial charge on any atom is -0.494 e. The molecule has 11 heteroatoms. The van der Waals surface area contributed by atoms with Crippen molar-refractivity contribution in [2.24, 2.45) is 7.05 Å². The van der Waals surface area contributed by atoms with E-state index in [2.05, 4.69) is 10.1 Å². The third-order valence-corrected chi connectivity index (χ3v) is 6.95. The van der Waals surface area contributed by atoms with Crippen LogP contribution in [-0.4, -0.2) is 44.3 Å². The number of methoxy groups -OCH3 is 1. The van der Waals surface area contributed by atoms with Crippen molar-refractivity contribution in [2.45, 2.75) is 24.4 Å². The van der Waals surface area contributed by atoms with Gasteiger partial charge in [-0.1, -0.05) is 23.4 Å². The van der Waals surface area contributed by atoms with Crippen molar-refractivity contribution in [3.63, 3.8) is 0 Å². The Labute approximate surface area is 216 Å². The SMILES string of the molecule is COc1ccc(Cl)c(CSc2ncc(C(=O)N(C)Cc3cn(C)nc3C)n2-c2ccc(F)cc2)c1F. The molecular weight excluding hydrogens is 508 g/mol. The number of thioether (sulfide) groups is 1. The van der Waals surface area contributed by atoms with Crippen molar-refractivity contribution in [1.82, 2.24) is 24.2 Å². The zero-order valence-electron chi connectivity index (χ0n) is 20.1. The van der Waals surface area contributed by atoms with Crippen molar-refractivity contribution in [3.05, 3.63) is 88.0 Å². The lowest BCUT2D eigenvalue weighted by atomic mass is 10.2. The van der Waals surface area contributed by atoms with Crippen LogP contribution in [0.3, 0.4) is 0 Å². The highest BCUT2D eigenvalue weighted by atomic mass is 35.5. The molecule has 0 fully saturated rings. The average molecular weight is 532 g/mol. The number of hydrogen-bond acceptors (Lipinski definition) is 5. The first-order valence-corrected chi connectivity index (χ1v) is 12.3. The van der Waals surface area contributed by atoms with Gasteiger partial charge in [-0.05, 0) is 43.3 Å². The fraction of sp³-hybridized carbons (Fsp3) is 0.240. The Balaban J connectivity index is 1.67. The number of rotatable bonds is 8. The molecule has 188 valence electrons. The first-order valence-electron chi connectivity index (χ1n) is 10.9. The molecule has 0 N–H and O–H groups in total. The van der Waals surface area contributed by atoms with E-state index in [0.717, 1.165) is 11.3 Å². The lowest BCUT2D eigenvalue weighted by Gasteiger charge is -2.19. The molecule has 0 atom stereocenters. The van der Waals surface area contributed by atoms with Gasteiger partial charge in [0.1, 0.15) is 11.5 Å². The molecule has 0 bridgehead atoms. The number of nitrogens with zero attached hydrogens (tertiary/aromatic N) is 5. The molecule has 0 spiro atoms. The van der Waals surface area contributed by atoms with Crippen molar-refractivity contribution in [3.8, 4) is 11.4 Å². The van der Waals surface area contributed by atoms with E-state index in [1.54, 1.807) is 39.4 Å². The number of aryl methyl sites for hydroxylation is 2. The van der Waals surface area contributed by atoms with Gasteiger partial charge in [0.2, 0.25) is 0 Å². The number of carbonyl (C=O) groups is 1. The van der Waals surface area contributed by atoms with Crippen LogP contribution in [0.2, 0.25) is 5.02 Å². The molecule has 1 amide bonds. The summed E-state index contributed by atoms with van der Waals surface area (Å²) in [5.74, 6) is -1.03. The molecule has 4 aromatic rings. The highest BCUT2D eigenvalue weighted by Crippen LogP contribution is 2.34. The van der Waals surface area contributed by atoms with Gasteiger partial charge in [0.05, 0.1) is 19.0 Å². The largest absolute Gasteiger partial charge is 0.494 e. The maximum Gasteiger partial charge on any atom is 0.272 e. The molecule has 7 nitrogen and oxygen atoms in total. The molecule has 0 aliphatic rings. The van der Waals surface area contributed by atoms with Gasteiger partial charge in [0.15, 0.2) is 16.7 Å². The Morgan fingerprint density at radius 1 is 1.19 bits per heavy atom. The van der Waals surface area contributed by atoms with Gasteiger partial charge in [-0.25, -0.2) is 13.8 Å². The maximum absolute atomic E-state index is 14.8. The van der Waals surface area contributed by atoms with Gasteiger partial charge < -0.3 is 9.64 Å². The number of aromatic nitrogens is 4. The topological polar surface area (TPSA) is 65.2 Å². The van der Waals surface area contributed by atoms with E-state index >= 15 is 0 Å². The van der Waals surface area contributed by atoms with Crippen LogP contribution in [0.25, 0.3) is 5.69 Å². The van der Waals surface area contributed by atoms with Gasteiger partial charge in [-0.3, -0.25) is 14.0 Å². The number of hydrogen-bond donors (Lipinski definition) is 0. The van der Waals surface area contributed by atoms with E-state index in [4.69, 9.17) is 16.3 Å². The first-order chi connectivity index (χ1) is 17.2. The van der Waals surface area contributed by atoms with E-state index in [1.807, 2.05) is 20.2 Å². The number of imidazole rings is 1. The molecular formula is C25H24ClF2N5O2S. The van der Waals surface area contributed by atoms with Crippen molar-refractivity contribution in [1.29, 1.82) is 0 Å². The second-order valence-electron chi connectivity index (χ2n) is 8.14. The van der Waals surface area contributed by atoms with Crippen LogP contribution in [0.5, 0.6) is 5.75 Å². The fourth-order valence-corrected chi connectivity index (χ4v) is 5.06. The van der Waals surface area contributed by atoms with E-state index in [-0.39, 0.29) is 33.7 Å². The number of benzene rings is 2. The summed E-state index contributed by atoms with van der Waals surface area (Å²) in [5, 5.41) is 5.00. The summed E-state index contributed by atoms with van der Waals surface area (Å²) >= 11 is 7.44. The van der Waals surface area contributed by atoms with E-state index in [0.29, 0.717) is 17.4 Å². The van der Waals surface area contributed by atoms with Crippen LogP contribution in [0.15, 0.2) is 53.9 Å². The normalized spacial score (nSPS) is 11.1. The van der Waals surface area contributed by atoms with Crippen LogP contribution >= 0.6 is 23.4 Å². The van der Waals surface area contributed by atoms with Crippen LogP contribution in [0, 0.1) is 18.6 Å². The summed E-state index contributed by atoms with van der Waals surface area (Å²) in [7, 11) is 4.89. The number of carbonyl (C=O) groups excluding carboxylic acids is 1. The predicted molar refractivity (Wildman–Crippen MR) is 135 cm³/mol. The average Bonchev–Trinajstić information content (AvgIpc) is 3.41. The predicted octanol–water partition coefficient (Wildman–Crippen LogP) is 5.42. The second kappa shape index (κ2) is 10.7. The first kappa shape index (κ1) is 25.7. The summed E-state index contributed by atoms with van der Waals surface area (Å²) in [6.45, 7) is 2.23. The van der Waals surface area contributed by atoms with Crippen LogP contribution < -0.4 is 4.74 Å². The van der Waals surface area contributed by atoms with Gasteiger partial charge in [-0.15, -0.1) is 0 Å². The minimum absolute atomic E-state index is 0.0834. The molecule has 2 aromatic heterocycles. The van der Waals surface area contributed by atoms with Crippen LogP contribution in [-0.2, 0) is 19.3 Å². The molecule has 0 saturated carbocycles. The fourth-order valence-electron chi connectivity index (χ4n) is 3.76. The Morgan fingerprint density at radius 2 is 1.92 bits per heavy atom. The lowest BCUT2D eigenvalue weighted by molar-refractivity contribution is 0.0776. The zero-order valence-corrected chi connectivity index (χ0v) is 21.7. The summed E-state index contributed by atoms with van der Waals surface area (Å²) in [6, 6.07) is 8.75. The van der Waals surface area contributed by atoms with Gasteiger partial charge >= 0.3 is 0 Å². The maximum atomic E-state index is 14.8. The molecule has 36 heavy (non-hydrogen) atoms. The summed E-state index contributed by atoms with van der Waals surface area (Å²) in [4.78, 5) is 19.5. The number of ether oxygens (including phenoxy) is 1. The number of halogens is 3. The Hall–Kier alpha value is -3.37. The standard InChI is InChI=1S/C25H24ClF2N5O2S/c1-15-16(13-32(3)30-15)12-31(2)24(34)21-11-29-25(33(21)18-7-5-17(27)6-8-18)36-14-19-20(26)9-10-22(35-4)23(19)28/h5-11,13H,12,14H2,1-4H3. The third-order valence-electron chi connectivity index (χ3n) is 5.62. The van der Waals surface area contributed by atoms with Gasteiger partial charge in [0, 0.05) is 54.4 Å². The van der Waals surface area contributed by atoms with E-state index in [1.165, 1.54) is 43.3 Å². The van der Waals surface area contributed by atoms with Crippen LogP contribution in [0.1, 0.15) is 27.3 Å². The van der Waals surface area contributed by atoms with Gasteiger partial charge in [-0.2, -0.15) is 5.10 Å². The van der Waals surface area contributed by atoms with Crippen molar-refractivity contribution in [2.75, 3.05) is 14.2 Å². The second-order valence-corrected chi connectivity index (χ2v) is 9.49. The van der Waals surface area contributed by atoms with E-state index < -0.39 is 11.6 Å². The quantitative estimate of drug-likeness (QED) is 0.284. The summed E-state index contributed by atoms with van der Waals surface area (Å²) < 4.78 is 36.9. The molecule has 2 aromatic carbocycles. The smallest absolute Gasteiger partial charge is 0.272 e. The molecule has 0 radical (unpaired) electrons. The van der Waals surface area contributed by atoms with Crippen LogP contribution in [0.4, 0.5) is 8.78 Å².